The average molecular weight is 829 g/mol. The van der Waals surface area contributed by atoms with Gasteiger partial charge < -0.3 is 67.5 Å². The summed E-state index contributed by atoms with van der Waals surface area (Å²) in [5.41, 5.74) is 11.2. The van der Waals surface area contributed by atoms with Gasteiger partial charge in [0, 0.05) is 19.5 Å². The number of nitrogens with zero attached hydrogens (tertiary/aromatic N) is 1. The molecule has 1 aliphatic carbocycles. The van der Waals surface area contributed by atoms with Gasteiger partial charge in [-0.25, -0.2) is 4.79 Å². The quantitative estimate of drug-likeness (QED) is 0.0636. The molecule has 0 atom stereocenters. The Morgan fingerprint density at radius 2 is 0.814 bits per heavy atom. The third-order valence-electron chi connectivity index (χ3n) is 8.97. The molecule has 0 saturated carbocycles. The number of para-hydroxylation sites is 2. The molecule has 1 amide bonds. The van der Waals surface area contributed by atoms with Crippen LogP contribution in [-0.4, -0.2) is 170 Å². The lowest BCUT2D eigenvalue weighted by Gasteiger charge is -2.19. The highest BCUT2D eigenvalue weighted by Crippen LogP contribution is 2.44. The topological polar surface area (TPSA) is 157 Å². The Labute approximate surface area is 349 Å². The zero-order valence-corrected chi connectivity index (χ0v) is 34.6. The van der Waals surface area contributed by atoms with Crippen molar-refractivity contribution in [1.29, 1.82) is 0 Å². The number of amides is 1. The second kappa shape index (κ2) is 31.1. The number of fused-ring (bicyclic) bond motifs is 3. The van der Waals surface area contributed by atoms with Crippen molar-refractivity contribution in [3.63, 3.8) is 0 Å². The Bertz CT molecular complexity index is 1490. The van der Waals surface area contributed by atoms with Crippen molar-refractivity contribution in [2.45, 2.75) is 5.92 Å². The van der Waals surface area contributed by atoms with Crippen LogP contribution in [-0.2, 0) is 52.1 Å². The summed E-state index contributed by atoms with van der Waals surface area (Å²) < 4.78 is 66.5. The van der Waals surface area contributed by atoms with E-state index in [1.54, 1.807) is 13.1 Å². The van der Waals surface area contributed by atoms with Crippen molar-refractivity contribution in [2.75, 3.05) is 165 Å². The molecule has 0 heterocycles. The molecule has 3 aromatic rings. The van der Waals surface area contributed by atoms with Crippen LogP contribution in [0.5, 0.6) is 5.75 Å². The average Bonchev–Trinajstić information content (AvgIpc) is 3.58. The molecule has 15 heteroatoms. The van der Waals surface area contributed by atoms with Gasteiger partial charge in [0.2, 0.25) is 0 Å². The summed E-state index contributed by atoms with van der Waals surface area (Å²) in [5.74, 6) is 0.700. The highest BCUT2D eigenvalue weighted by Gasteiger charge is 2.29. The number of carbonyl (C=O) groups is 1. The smallest absolute Gasteiger partial charge is 0.409 e. The van der Waals surface area contributed by atoms with Crippen molar-refractivity contribution in [3.05, 3.63) is 83.9 Å². The van der Waals surface area contributed by atoms with E-state index in [9.17, 15) is 4.79 Å². The highest BCUT2D eigenvalue weighted by molar-refractivity contribution is 5.79. The molecule has 0 fully saturated rings. The van der Waals surface area contributed by atoms with Gasteiger partial charge in [0.05, 0.1) is 138 Å². The summed E-state index contributed by atoms with van der Waals surface area (Å²) in [5, 5.41) is 0. The molecule has 0 spiro atoms. The summed E-state index contributed by atoms with van der Waals surface area (Å²) >= 11 is 0. The van der Waals surface area contributed by atoms with Crippen LogP contribution in [0.1, 0.15) is 17.0 Å². The third-order valence-corrected chi connectivity index (χ3v) is 8.97. The lowest BCUT2D eigenvalue weighted by molar-refractivity contribution is -0.0268. The normalized spacial score (nSPS) is 12.1. The van der Waals surface area contributed by atoms with E-state index in [1.165, 1.54) is 27.2 Å². The first-order valence-electron chi connectivity index (χ1n) is 20.5. The fraction of sp³-hybridized carbons (Fsp3) is 0.568. The van der Waals surface area contributed by atoms with Crippen molar-refractivity contribution in [2.24, 2.45) is 0 Å². The fourth-order valence-corrected chi connectivity index (χ4v) is 5.90. The second-order valence-electron chi connectivity index (χ2n) is 13.2. The molecule has 0 radical (unpaired) electrons. The Hall–Kier alpha value is -3.87. The van der Waals surface area contributed by atoms with Gasteiger partial charge in [-0.2, -0.15) is 0 Å². The molecule has 0 aromatic heterocycles. The van der Waals surface area contributed by atoms with Crippen LogP contribution >= 0.6 is 0 Å². The molecule has 328 valence electrons. The van der Waals surface area contributed by atoms with Crippen LogP contribution in [0.25, 0.3) is 11.1 Å². The summed E-state index contributed by atoms with van der Waals surface area (Å²) in [6.45, 7) is 10.6. The summed E-state index contributed by atoms with van der Waals surface area (Å²) in [7, 11) is 1.71. The SMILES string of the molecule is CN(CCOCCOCCOCCOCCOCCOCCOCCOCCOCCOCCOc1ccccc1N)C(=O)OCC1c2ccccc2-c2ccccc21. The molecule has 1 aliphatic rings. The Morgan fingerprint density at radius 3 is 1.22 bits per heavy atom. The Kier molecular flexibility index (Phi) is 25.2. The first-order valence-corrected chi connectivity index (χ1v) is 20.5. The van der Waals surface area contributed by atoms with Crippen molar-refractivity contribution in [3.8, 4) is 16.9 Å². The van der Waals surface area contributed by atoms with Crippen molar-refractivity contribution in [1.82, 2.24) is 4.90 Å². The molecule has 0 unspecified atom stereocenters. The molecule has 59 heavy (non-hydrogen) atoms. The molecule has 15 nitrogen and oxygen atoms in total. The van der Waals surface area contributed by atoms with Crippen molar-refractivity contribution >= 4 is 11.8 Å². The largest absolute Gasteiger partial charge is 0.489 e. The van der Waals surface area contributed by atoms with Crippen molar-refractivity contribution < 1.29 is 61.6 Å². The van der Waals surface area contributed by atoms with E-state index in [1.807, 2.05) is 42.5 Å². The predicted octanol–water partition coefficient (Wildman–Crippen LogP) is 4.69. The number of hydrogen-bond acceptors (Lipinski definition) is 14. The monoisotopic (exact) mass is 828 g/mol. The van der Waals surface area contributed by atoms with E-state index in [0.717, 1.165) is 0 Å². The number of benzene rings is 3. The molecular formula is C44H64N2O13. The summed E-state index contributed by atoms with van der Waals surface area (Å²) in [6, 6.07) is 24.0. The van der Waals surface area contributed by atoms with Crippen LogP contribution in [0.2, 0.25) is 0 Å². The predicted molar refractivity (Wildman–Crippen MR) is 222 cm³/mol. The van der Waals surface area contributed by atoms with Crippen LogP contribution in [0, 0.1) is 0 Å². The van der Waals surface area contributed by atoms with E-state index in [-0.39, 0.29) is 12.0 Å². The maximum absolute atomic E-state index is 12.6. The molecular weight excluding hydrogens is 764 g/mol. The summed E-state index contributed by atoms with van der Waals surface area (Å²) in [6.07, 6.45) is -0.366. The van der Waals surface area contributed by atoms with Gasteiger partial charge in [0.15, 0.2) is 0 Å². The summed E-state index contributed by atoms with van der Waals surface area (Å²) in [4.78, 5) is 14.2. The molecule has 3 aromatic carbocycles. The number of rotatable bonds is 36. The number of hydrogen-bond donors (Lipinski definition) is 1. The third kappa shape index (κ3) is 19.8. The van der Waals surface area contributed by atoms with Crippen LogP contribution in [0.15, 0.2) is 72.8 Å². The molecule has 0 aliphatic heterocycles. The number of ether oxygens (including phenoxy) is 12. The zero-order valence-electron chi connectivity index (χ0n) is 34.6. The minimum Gasteiger partial charge on any atom is -0.489 e. The molecule has 0 saturated heterocycles. The zero-order chi connectivity index (χ0) is 41.4. The van der Waals surface area contributed by atoms with E-state index in [0.29, 0.717) is 163 Å². The van der Waals surface area contributed by atoms with Crippen LogP contribution in [0.4, 0.5) is 10.5 Å². The number of nitrogens with two attached hydrogens (primary N) is 1. The van der Waals surface area contributed by atoms with Gasteiger partial charge >= 0.3 is 6.09 Å². The van der Waals surface area contributed by atoms with Gasteiger partial charge in [-0.1, -0.05) is 60.7 Å². The minimum absolute atomic E-state index is 0.0359. The Morgan fingerprint density at radius 1 is 0.475 bits per heavy atom. The minimum atomic E-state index is -0.366. The lowest BCUT2D eigenvalue weighted by Crippen LogP contribution is -2.32. The number of likely N-dealkylation sites (N-methyl/N-ethyl adjacent to an activating group) is 1. The highest BCUT2D eigenvalue weighted by atomic mass is 16.6. The number of nitrogen functional groups attached to an aromatic ring is 1. The lowest BCUT2D eigenvalue weighted by atomic mass is 9.98. The molecule has 0 bridgehead atoms. The first kappa shape index (κ1) is 47.8. The number of anilines is 1. The van der Waals surface area contributed by atoms with E-state index >= 15 is 0 Å². The second-order valence-corrected chi connectivity index (χ2v) is 13.2. The maximum Gasteiger partial charge on any atom is 0.409 e. The van der Waals surface area contributed by atoms with Gasteiger partial charge in [-0.3, -0.25) is 0 Å². The van der Waals surface area contributed by atoms with Crippen LogP contribution in [0.3, 0.4) is 0 Å². The van der Waals surface area contributed by atoms with Gasteiger partial charge in [-0.15, -0.1) is 0 Å². The molecule has 4 rings (SSSR count). The van der Waals surface area contributed by atoms with Gasteiger partial charge in [0.1, 0.15) is 19.0 Å². The first-order chi connectivity index (χ1) is 29.1. The van der Waals surface area contributed by atoms with E-state index < -0.39 is 0 Å². The standard InChI is InChI=1S/C44H64N2O13/c1-46(44(47)59-36-41-39-10-4-2-8-37(39)38-9-3-5-11-40(38)41)14-15-48-16-17-49-18-19-50-20-21-51-22-23-52-24-25-53-26-27-54-28-29-55-30-31-56-32-33-57-34-35-58-43-13-7-6-12-42(43)45/h2-13,41H,14-36,45H2,1H3. The Balaban J connectivity index is 0.792. The molecule has 2 N–H and O–H groups in total. The van der Waals surface area contributed by atoms with E-state index in [4.69, 9.17) is 62.6 Å². The fourth-order valence-electron chi connectivity index (χ4n) is 5.90. The van der Waals surface area contributed by atoms with E-state index in [2.05, 4.69) is 24.3 Å². The van der Waals surface area contributed by atoms with Gasteiger partial charge in [-0.05, 0) is 34.4 Å². The number of carbonyl (C=O) groups excluding carboxylic acids is 1. The maximum atomic E-state index is 12.6. The van der Waals surface area contributed by atoms with Crippen LogP contribution < -0.4 is 10.5 Å². The van der Waals surface area contributed by atoms with Gasteiger partial charge in [0.25, 0.3) is 0 Å².